The maximum absolute atomic E-state index is 5.81. The first kappa shape index (κ1) is 21.0. The van der Waals surface area contributed by atoms with Gasteiger partial charge >= 0.3 is 0 Å². The van der Waals surface area contributed by atoms with Crippen LogP contribution in [0.1, 0.15) is 22.5 Å². The molecule has 2 rings (SSSR count). The van der Waals surface area contributed by atoms with E-state index in [4.69, 9.17) is 14.5 Å². The first-order valence-electron chi connectivity index (χ1n) is 9.22. The van der Waals surface area contributed by atoms with Crippen molar-refractivity contribution in [1.82, 2.24) is 15.2 Å². The molecule has 0 saturated heterocycles. The molecule has 1 N–H and O–H groups in total. The van der Waals surface area contributed by atoms with E-state index in [-0.39, 0.29) is 0 Å². The van der Waals surface area contributed by atoms with Gasteiger partial charge in [0.1, 0.15) is 18.1 Å². The Morgan fingerprint density at radius 1 is 1.22 bits per heavy atom. The van der Waals surface area contributed by atoms with E-state index in [1.807, 2.05) is 38.2 Å². The summed E-state index contributed by atoms with van der Waals surface area (Å²) in [6.07, 6.45) is 0.919. The predicted octanol–water partition coefficient (Wildman–Crippen LogP) is 3.29. The van der Waals surface area contributed by atoms with Gasteiger partial charge in [0.15, 0.2) is 5.96 Å². The number of hydrogen-bond donors (Lipinski definition) is 1. The average Bonchev–Trinajstić information content (AvgIpc) is 2.98. The van der Waals surface area contributed by atoms with Crippen molar-refractivity contribution in [1.29, 1.82) is 0 Å². The number of methoxy groups -OCH3 is 1. The number of benzene rings is 1. The van der Waals surface area contributed by atoms with Gasteiger partial charge in [0.05, 0.1) is 24.4 Å². The highest BCUT2D eigenvalue weighted by Crippen LogP contribution is 2.18. The third-order valence-electron chi connectivity index (χ3n) is 4.05. The zero-order valence-corrected chi connectivity index (χ0v) is 17.7. The number of hydrogen-bond acceptors (Lipinski definition) is 5. The normalized spacial score (nSPS) is 11.4. The van der Waals surface area contributed by atoms with E-state index in [1.165, 1.54) is 4.88 Å². The van der Waals surface area contributed by atoms with Crippen LogP contribution in [0.2, 0.25) is 0 Å². The number of ether oxygens (including phenoxy) is 2. The summed E-state index contributed by atoms with van der Waals surface area (Å²) in [4.78, 5) is 12.6. The van der Waals surface area contributed by atoms with E-state index in [0.29, 0.717) is 6.61 Å². The first-order valence-corrected chi connectivity index (χ1v) is 10.0. The topological polar surface area (TPSA) is 59.0 Å². The number of likely N-dealkylation sites (N-methyl/N-ethyl adjacent to an activating group) is 1. The van der Waals surface area contributed by atoms with E-state index in [0.717, 1.165) is 54.2 Å². The molecule has 1 aromatic carbocycles. The van der Waals surface area contributed by atoms with Gasteiger partial charge in [-0.2, -0.15) is 0 Å². The summed E-state index contributed by atoms with van der Waals surface area (Å²) < 4.78 is 11.0. The number of thiazole rings is 1. The van der Waals surface area contributed by atoms with Gasteiger partial charge in [-0.3, -0.25) is 4.99 Å². The molecule has 0 bridgehead atoms. The maximum atomic E-state index is 5.81. The fourth-order valence-corrected chi connectivity index (χ4v) is 3.54. The largest absolute Gasteiger partial charge is 0.497 e. The van der Waals surface area contributed by atoms with Crippen LogP contribution in [0.3, 0.4) is 0 Å². The minimum absolute atomic E-state index is 0.584. The van der Waals surface area contributed by atoms with Crippen LogP contribution in [0.4, 0.5) is 0 Å². The lowest BCUT2D eigenvalue weighted by molar-refractivity contribution is 0.281. The van der Waals surface area contributed by atoms with Crippen LogP contribution < -0.4 is 14.8 Å². The summed E-state index contributed by atoms with van der Waals surface area (Å²) in [5.74, 6) is 2.56. The number of rotatable bonds is 9. The molecule has 6 nitrogen and oxygen atoms in total. The first-order chi connectivity index (χ1) is 13.0. The highest BCUT2D eigenvalue weighted by molar-refractivity contribution is 7.11. The number of guanidine groups is 1. The molecule has 0 amide bonds. The monoisotopic (exact) mass is 390 g/mol. The lowest BCUT2D eigenvalue weighted by Gasteiger charge is -2.22. The minimum Gasteiger partial charge on any atom is -0.497 e. The maximum Gasteiger partial charge on any atom is 0.193 e. The third-order valence-corrected chi connectivity index (χ3v) is 5.18. The van der Waals surface area contributed by atoms with E-state index in [1.54, 1.807) is 18.4 Å². The molecule has 0 aliphatic heterocycles. The summed E-state index contributed by atoms with van der Waals surface area (Å²) >= 11 is 1.76. The summed E-state index contributed by atoms with van der Waals surface area (Å²) in [7, 11) is 3.69. The molecule has 0 radical (unpaired) electrons. The molecule has 0 aliphatic carbocycles. The Morgan fingerprint density at radius 3 is 2.52 bits per heavy atom. The molecule has 7 heteroatoms. The van der Waals surface area contributed by atoms with Gasteiger partial charge in [0.25, 0.3) is 0 Å². The van der Waals surface area contributed by atoms with E-state index in [2.05, 4.69) is 29.0 Å². The third kappa shape index (κ3) is 6.75. The van der Waals surface area contributed by atoms with Crippen molar-refractivity contribution in [3.8, 4) is 11.5 Å². The molecule has 27 heavy (non-hydrogen) atoms. The van der Waals surface area contributed by atoms with Crippen molar-refractivity contribution in [3.05, 3.63) is 39.8 Å². The van der Waals surface area contributed by atoms with Crippen molar-refractivity contribution >= 4 is 17.3 Å². The Balaban J connectivity index is 1.83. The second-order valence-electron chi connectivity index (χ2n) is 6.17. The van der Waals surface area contributed by atoms with Crippen molar-refractivity contribution in [2.75, 3.05) is 40.4 Å². The zero-order valence-electron chi connectivity index (χ0n) is 16.9. The molecule has 1 heterocycles. The summed E-state index contributed by atoms with van der Waals surface area (Å²) in [5, 5.41) is 4.46. The van der Waals surface area contributed by atoms with Crippen LogP contribution in [0.5, 0.6) is 11.5 Å². The number of aryl methyl sites for hydroxylation is 2. The molecule has 0 aliphatic rings. The zero-order chi connectivity index (χ0) is 19.6. The molecular weight excluding hydrogens is 360 g/mol. The summed E-state index contributed by atoms with van der Waals surface area (Å²) in [5.41, 5.74) is 1.12. The fourth-order valence-electron chi connectivity index (χ4n) is 2.62. The van der Waals surface area contributed by atoms with Crippen molar-refractivity contribution < 1.29 is 9.47 Å². The second-order valence-corrected chi connectivity index (χ2v) is 7.46. The summed E-state index contributed by atoms with van der Waals surface area (Å²) in [6.45, 7) is 9.10. The molecule has 0 unspecified atom stereocenters. The molecule has 0 saturated carbocycles. The minimum atomic E-state index is 0.584. The molecule has 148 valence electrons. The highest BCUT2D eigenvalue weighted by atomic mass is 32.1. The lowest BCUT2D eigenvalue weighted by Crippen LogP contribution is -2.41. The predicted molar refractivity (Wildman–Crippen MR) is 112 cm³/mol. The molecule has 2 aromatic rings. The van der Waals surface area contributed by atoms with Crippen LogP contribution in [0.15, 0.2) is 29.3 Å². The number of nitrogens with one attached hydrogen (secondary N) is 1. The standard InChI is InChI=1S/C20H30N4O2S/c1-6-21-20(22-12-11-19-15(2)23-16(3)27-19)24(4)13-14-26-18-9-7-17(25-5)8-10-18/h7-10H,6,11-14H2,1-5H3,(H,21,22). The van der Waals surface area contributed by atoms with Crippen LogP contribution in [0, 0.1) is 13.8 Å². The Labute approximate surface area is 166 Å². The van der Waals surface area contributed by atoms with E-state index in [9.17, 15) is 0 Å². The van der Waals surface area contributed by atoms with Crippen LogP contribution in [-0.2, 0) is 6.42 Å². The SMILES string of the molecule is CCNC(=NCCc1sc(C)nc1C)N(C)CCOc1ccc(OC)cc1. The highest BCUT2D eigenvalue weighted by Gasteiger charge is 2.08. The molecule has 0 atom stereocenters. The van der Waals surface area contributed by atoms with Crippen LogP contribution in [-0.4, -0.2) is 56.2 Å². The Kier molecular flexibility index (Phi) is 8.39. The molecule has 1 aromatic heterocycles. The second kappa shape index (κ2) is 10.8. The molecule has 0 spiro atoms. The average molecular weight is 391 g/mol. The van der Waals surface area contributed by atoms with Gasteiger partial charge in [0, 0.05) is 31.4 Å². The van der Waals surface area contributed by atoms with Crippen molar-refractivity contribution in [2.45, 2.75) is 27.2 Å². The Morgan fingerprint density at radius 2 is 1.93 bits per heavy atom. The van der Waals surface area contributed by atoms with E-state index >= 15 is 0 Å². The van der Waals surface area contributed by atoms with Gasteiger partial charge in [-0.15, -0.1) is 11.3 Å². The number of nitrogens with zero attached hydrogens (tertiary/aromatic N) is 3. The molecule has 0 fully saturated rings. The Hall–Kier alpha value is -2.28. The summed E-state index contributed by atoms with van der Waals surface area (Å²) in [6, 6.07) is 7.62. The van der Waals surface area contributed by atoms with Gasteiger partial charge in [0.2, 0.25) is 0 Å². The van der Waals surface area contributed by atoms with E-state index < -0.39 is 0 Å². The van der Waals surface area contributed by atoms with Crippen molar-refractivity contribution in [2.24, 2.45) is 4.99 Å². The van der Waals surface area contributed by atoms with Gasteiger partial charge in [-0.25, -0.2) is 4.98 Å². The van der Waals surface area contributed by atoms with Gasteiger partial charge in [-0.1, -0.05) is 0 Å². The smallest absolute Gasteiger partial charge is 0.193 e. The van der Waals surface area contributed by atoms with Gasteiger partial charge < -0.3 is 19.7 Å². The lowest BCUT2D eigenvalue weighted by atomic mass is 10.3. The molecular formula is C20H30N4O2S. The van der Waals surface area contributed by atoms with Crippen LogP contribution >= 0.6 is 11.3 Å². The van der Waals surface area contributed by atoms with Gasteiger partial charge in [-0.05, 0) is 45.0 Å². The number of aromatic nitrogens is 1. The number of aliphatic imine (C=N–C) groups is 1. The Bertz CT molecular complexity index is 728. The fraction of sp³-hybridized carbons (Fsp3) is 0.500. The quantitative estimate of drug-likeness (QED) is 0.526. The van der Waals surface area contributed by atoms with Crippen molar-refractivity contribution in [3.63, 3.8) is 0 Å². The van der Waals surface area contributed by atoms with Crippen LogP contribution in [0.25, 0.3) is 0 Å².